The van der Waals surface area contributed by atoms with Crippen LogP contribution in [0.15, 0.2) is 0 Å². The van der Waals surface area contributed by atoms with E-state index in [0.29, 0.717) is 6.54 Å². The van der Waals surface area contributed by atoms with Crippen molar-refractivity contribution in [1.82, 2.24) is 15.1 Å². The maximum Gasteiger partial charge on any atom is 0.233 e. The molecule has 1 saturated heterocycles. The van der Waals surface area contributed by atoms with Gasteiger partial charge < -0.3 is 16.0 Å². The average Bonchev–Trinajstić information content (AvgIpc) is 2.48. The van der Waals surface area contributed by atoms with Crippen molar-refractivity contribution in [2.24, 2.45) is 11.7 Å². The SMILES string of the molecule is CNC(=O)CN1CCN(C(=O)C2CCC(N)CC2)CC1. The highest BCUT2D eigenvalue weighted by molar-refractivity contribution is 5.79. The fraction of sp³-hybridized carbons (Fsp3) is 0.857. The predicted molar refractivity (Wildman–Crippen MR) is 77.0 cm³/mol. The lowest BCUT2D eigenvalue weighted by Gasteiger charge is -2.37. The highest BCUT2D eigenvalue weighted by atomic mass is 16.2. The third-order valence-electron chi connectivity index (χ3n) is 4.45. The lowest BCUT2D eigenvalue weighted by atomic mass is 9.85. The lowest BCUT2D eigenvalue weighted by Crippen LogP contribution is -2.52. The average molecular weight is 282 g/mol. The molecule has 2 aliphatic rings. The fourth-order valence-corrected chi connectivity index (χ4v) is 3.03. The third kappa shape index (κ3) is 3.93. The summed E-state index contributed by atoms with van der Waals surface area (Å²) < 4.78 is 0. The van der Waals surface area contributed by atoms with Crippen molar-refractivity contribution in [3.05, 3.63) is 0 Å². The zero-order valence-electron chi connectivity index (χ0n) is 12.3. The second-order valence-electron chi connectivity index (χ2n) is 5.89. The Kier molecular flexibility index (Phi) is 5.37. The van der Waals surface area contributed by atoms with E-state index in [9.17, 15) is 9.59 Å². The van der Waals surface area contributed by atoms with E-state index in [1.807, 2.05) is 4.90 Å². The van der Waals surface area contributed by atoms with Gasteiger partial charge in [-0.2, -0.15) is 0 Å². The number of amides is 2. The first-order valence-corrected chi connectivity index (χ1v) is 7.57. The van der Waals surface area contributed by atoms with Gasteiger partial charge in [0.25, 0.3) is 0 Å². The van der Waals surface area contributed by atoms with Crippen LogP contribution in [-0.4, -0.2) is 67.4 Å². The Morgan fingerprint density at radius 2 is 1.70 bits per heavy atom. The van der Waals surface area contributed by atoms with Gasteiger partial charge in [0, 0.05) is 45.2 Å². The molecule has 0 bridgehead atoms. The van der Waals surface area contributed by atoms with E-state index in [2.05, 4.69) is 10.2 Å². The van der Waals surface area contributed by atoms with Gasteiger partial charge in [-0.1, -0.05) is 0 Å². The summed E-state index contributed by atoms with van der Waals surface area (Å²) in [5.74, 6) is 0.489. The van der Waals surface area contributed by atoms with E-state index < -0.39 is 0 Å². The Labute approximate surface area is 120 Å². The van der Waals surface area contributed by atoms with Gasteiger partial charge >= 0.3 is 0 Å². The molecule has 1 heterocycles. The molecule has 2 amide bonds. The van der Waals surface area contributed by atoms with Crippen molar-refractivity contribution in [1.29, 1.82) is 0 Å². The number of rotatable bonds is 3. The minimum Gasteiger partial charge on any atom is -0.358 e. The van der Waals surface area contributed by atoms with Gasteiger partial charge in [-0.05, 0) is 25.7 Å². The van der Waals surface area contributed by atoms with Crippen LogP contribution in [0.2, 0.25) is 0 Å². The second-order valence-corrected chi connectivity index (χ2v) is 5.89. The Balaban J connectivity index is 1.75. The molecule has 2 rings (SSSR count). The number of piperazine rings is 1. The molecule has 114 valence electrons. The van der Waals surface area contributed by atoms with Crippen molar-refractivity contribution in [2.75, 3.05) is 39.8 Å². The van der Waals surface area contributed by atoms with Crippen molar-refractivity contribution in [3.8, 4) is 0 Å². The third-order valence-corrected chi connectivity index (χ3v) is 4.45. The van der Waals surface area contributed by atoms with Crippen LogP contribution in [0.3, 0.4) is 0 Å². The molecule has 3 N–H and O–H groups in total. The first kappa shape index (κ1) is 15.3. The lowest BCUT2D eigenvalue weighted by molar-refractivity contribution is -0.138. The number of carbonyl (C=O) groups is 2. The molecule has 0 spiro atoms. The molecule has 20 heavy (non-hydrogen) atoms. The van der Waals surface area contributed by atoms with Gasteiger partial charge in [-0.15, -0.1) is 0 Å². The number of nitrogens with zero attached hydrogens (tertiary/aromatic N) is 2. The largest absolute Gasteiger partial charge is 0.358 e. The molecule has 6 nitrogen and oxygen atoms in total. The quantitative estimate of drug-likeness (QED) is 0.724. The minimum atomic E-state index is 0.0334. The normalized spacial score (nSPS) is 28.2. The van der Waals surface area contributed by atoms with Crippen molar-refractivity contribution < 1.29 is 9.59 Å². The van der Waals surface area contributed by atoms with E-state index in [0.717, 1.165) is 51.9 Å². The number of likely N-dealkylation sites (N-methyl/N-ethyl adjacent to an activating group) is 1. The number of carbonyl (C=O) groups excluding carboxylic acids is 2. The standard InChI is InChI=1S/C14H26N4O2/c1-16-13(19)10-17-6-8-18(9-7-17)14(20)11-2-4-12(15)5-3-11/h11-12H,2-10,15H2,1H3,(H,16,19). The summed E-state index contributed by atoms with van der Waals surface area (Å²) >= 11 is 0. The van der Waals surface area contributed by atoms with Gasteiger partial charge in [-0.25, -0.2) is 0 Å². The van der Waals surface area contributed by atoms with Crippen LogP contribution < -0.4 is 11.1 Å². The van der Waals surface area contributed by atoms with Gasteiger partial charge in [0.15, 0.2) is 0 Å². The van der Waals surface area contributed by atoms with Gasteiger partial charge in [0.05, 0.1) is 6.54 Å². The maximum atomic E-state index is 12.4. The smallest absolute Gasteiger partial charge is 0.233 e. The predicted octanol–water partition coefficient (Wildman–Crippen LogP) is -0.606. The van der Waals surface area contributed by atoms with Gasteiger partial charge in [0.1, 0.15) is 0 Å². The van der Waals surface area contributed by atoms with E-state index >= 15 is 0 Å². The highest BCUT2D eigenvalue weighted by Crippen LogP contribution is 2.25. The zero-order chi connectivity index (χ0) is 14.5. The number of hydrogen-bond donors (Lipinski definition) is 2. The molecule has 0 radical (unpaired) electrons. The van der Waals surface area contributed by atoms with E-state index in [1.165, 1.54) is 0 Å². The van der Waals surface area contributed by atoms with E-state index in [1.54, 1.807) is 7.05 Å². The first-order chi connectivity index (χ1) is 9.60. The molecule has 0 aromatic rings. The van der Waals surface area contributed by atoms with Crippen LogP contribution in [0, 0.1) is 5.92 Å². The second kappa shape index (κ2) is 7.04. The molecule has 0 aromatic heterocycles. The van der Waals surface area contributed by atoms with Crippen LogP contribution in [0.25, 0.3) is 0 Å². The van der Waals surface area contributed by atoms with Gasteiger partial charge in [0.2, 0.25) is 11.8 Å². The molecule has 0 atom stereocenters. The highest BCUT2D eigenvalue weighted by Gasteiger charge is 2.30. The summed E-state index contributed by atoms with van der Waals surface area (Å²) in [5.41, 5.74) is 5.88. The molecule has 1 aliphatic heterocycles. The van der Waals surface area contributed by atoms with Crippen molar-refractivity contribution in [2.45, 2.75) is 31.7 Å². The van der Waals surface area contributed by atoms with Crippen LogP contribution in [0.4, 0.5) is 0 Å². The summed E-state index contributed by atoms with van der Waals surface area (Å²) in [5, 5.41) is 2.63. The summed E-state index contributed by atoms with van der Waals surface area (Å²) in [4.78, 5) is 27.8. The van der Waals surface area contributed by atoms with E-state index in [4.69, 9.17) is 5.73 Å². The molecule has 6 heteroatoms. The molecule has 1 aliphatic carbocycles. The Hall–Kier alpha value is -1.14. The summed E-state index contributed by atoms with van der Waals surface area (Å²) in [6.07, 6.45) is 3.79. The summed E-state index contributed by atoms with van der Waals surface area (Å²) in [7, 11) is 1.65. The molecule has 0 unspecified atom stereocenters. The topological polar surface area (TPSA) is 78.7 Å². The summed E-state index contributed by atoms with van der Waals surface area (Å²) in [6.45, 7) is 3.46. The Bertz CT molecular complexity index is 345. The molecular weight excluding hydrogens is 256 g/mol. The maximum absolute atomic E-state index is 12.4. The van der Waals surface area contributed by atoms with Crippen LogP contribution in [-0.2, 0) is 9.59 Å². The van der Waals surface area contributed by atoms with Crippen molar-refractivity contribution >= 4 is 11.8 Å². The minimum absolute atomic E-state index is 0.0334. The monoisotopic (exact) mass is 282 g/mol. The summed E-state index contributed by atoms with van der Waals surface area (Å²) in [6, 6.07) is 0.281. The van der Waals surface area contributed by atoms with Crippen LogP contribution >= 0.6 is 0 Å². The van der Waals surface area contributed by atoms with Crippen molar-refractivity contribution in [3.63, 3.8) is 0 Å². The fourth-order valence-electron chi connectivity index (χ4n) is 3.03. The molecule has 0 aromatic carbocycles. The van der Waals surface area contributed by atoms with Crippen LogP contribution in [0.1, 0.15) is 25.7 Å². The number of nitrogens with two attached hydrogens (primary N) is 1. The first-order valence-electron chi connectivity index (χ1n) is 7.57. The Morgan fingerprint density at radius 1 is 1.10 bits per heavy atom. The molecule has 1 saturated carbocycles. The van der Waals surface area contributed by atoms with E-state index in [-0.39, 0.29) is 23.8 Å². The number of nitrogens with one attached hydrogen (secondary N) is 1. The Morgan fingerprint density at radius 3 is 2.25 bits per heavy atom. The number of hydrogen-bond acceptors (Lipinski definition) is 4. The van der Waals surface area contributed by atoms with Gasteiger partial charge in [-0.3, -0.25) is 14.5 Å². The molecule has 2 fully saturated rings. The van der Waals surface area contributed by atoms with Crippen LogP contribution in [0.5, 0.6) is 0 Å². The molecular formula is C14H26N4O2. The zero-order valence-corrected chi connectivity index (χ0v) is 12.3.